The SMILES string of the molecule is Cc1cc(NC(=O)C(C)(C)C)ccc1Cl. The number of rotatable bonds is 1. The quantitative estimate of drug-likeness (QED) is 0.777. The van der Waals surface area contributed by atoms with Gasteiger partial charge in [0.25, 0.3) is 0 Å². The summed E-state index contributed by atoms with van der Waals surface area (Å²) in [6.07, 6.45) is 0. The highest BCUT2D eigenvalue weighted by Gasteiger charge is 2.21. The van der Waals surface area contributed by atoms with Gasteiger partial charge in [0.1, 0.15) is 0 Å². The van der Waals surface area contributed by atoms with Gasteiger partial charge in [0.2, 0.25) is 5.91 Å². The van der Waals surface area contributed by atoms with E-state index >= 15 is 0 Å². The molecule has 0 atom stereocenters. The number of hydrogen-bond donors (Lipinski definition) is 1. The number of halogens is 1. The number of aryl methyl sites for hydroxylation is 1. The van der Waals surface area contributed by atoms with Crippen molar-refractivity contribution in [2.75, 3.05) is 5.32 Å². The van der Waals surface area contributed by atoms with E-state index < -0.39 is 0 Å². The zero-order valence-corrected chi connectivity index (χ0v) is 10.3. The molecule has 1 aromatic rings. The first-order chi connectivity index (χ1) is 6.80. The van der Waals surface area contributed by atoms with Gasteiger partial charge >= 0.3 is 0 Å². The zero-order chi connectivity index (χ0) is 11.6. The van der Waals surface area contributed by atoms with E-state index in [1.165, 1.54) is 0 Å². The molecular weight excluding hydrogens is 210 g/mol. The van der Waals surface area contributed by atoms with Crippen LogP contribution in [0.15, 0.2) is 18.2 Å². The largest absolute Gasteiger partial charge is 0.326 e. The van der Waals surface area contributed by atoms with Crippen LogP contribution in [-0.2, 0) is 4.79 Å². The fourth-order valence-corrected chi connectivity index (χ4v) is 1.16. The molecule has 15 heavy (non-hydrogen) atoms. The van der Waals surface area contributed by atoms with Gasteiger partial charge in [-0.05, 0) is 30.7 Å². The van der Waals surface area contributed by atoms with Gasteiger partial charge in [0.15, 0.2) is 0 Å². The number of nitrogens with one attached hydrogen (secondary N) is 1. The van der Waals surface area contributed by atoms with Gasteiger partial charge < -0.3 is 5.32 Å². The lowest BCUT2D eigenvalue weighted by molar-refractivity contribution is -0.123. The highest BCUT2D eigenvalue weighted by atomic mass is 35.5. The van der Waals surface area contributed by atoms with E-state index in [4.69, 9.17) is 11.6 Å². The molecule has 0 heterocycles. The molecule has 82 valence electrons. The van der Waals surface area contributed by atoms with Gasteiger partial charge in [0, 0.05) is 16.1 Å². The van der Waals surface area contributed by atoms with Crippen LogP contribution in [0.1, 0.15) is 26.3 Å². The molecule has 0 aliphatic carbocycles. The molecule has 0 aliphatic heterocycles. The second-order valence-corrected chi connectivity index (χ2v) is 5.08. The van der Waals surface area contributed by atoms with E-state index in [0.717, 1.165) is 11.3 Å². The van der Waals surface area contributed by atoms with Crippen LogP contribution in [0.25, 0.3) is 0 Å². The maximum absolute atomic E-state index is 11.7. The lowest BCUT2D eigenvalue weighted by Gasteiger charge is -2.17. The van der Waals surface area contributed by atoms with Crippen molar-refractivity contribution in [1.29, 1.82) is 0 Å². The summed E-state index contributed by atoms with van der Waals surface area (Å²) in [5.74, 6) is 0.00391. The summed E-state index contributed by atoms with van der Waals surface area (Å²) < 4.78 is 0. The lowest BCUT2D eigenvalue weighted by Crippen LogP contribution is -2.27. The second kappa shape index (κ2) is 4.23. The van der Waals surface area contributed by atoms with Crippen molar-refractivity contribution < 1.29 is 4.79 Å². The minimum absolute atomic E-state index is 0.00391. The van der Waals surface area contributed by atoms with Crippen molar-refractivity contribution in [3.63, 3.8) is 0 Å². The Balaban J connectivity index is 2.83. The zero-order valence-electron chi connectivity index (χ0n) is 9.52. The molecule has 0 saturated carbocycles. The topological polar surface area (TPSA) is 29.1 Å². The van der Waals surface area contributed by atoms with E-state index in [2.05, 4.69) is 5.32 Å². The number of carbonyl (C=O) groups excluding carboxylic acids is 1. The van der Waals surface area contributed by atoms with E-state index in [9.17, 15) is 4.79 Å². The average Bonchev–Trinajstić information content (AvgIpc) is 2.10. The number of hydrogen-bond acceptors (Lipinski definition) is 1. The van der Waals surface area contributed by atoms with Gasteiger partial charge in [-0.1, -0.05) is 32.4 Å². The smallest absolute Gasteiger partial charge is 0.229 e. The van der Waals surface area contributed by atoms with Gasteiger partial charge in [-0.2, -0.15) is 0 Å². The maximum Gasteiger partial charge on any atom is 0.229 e. The van der Waals surface area contributed by atoms with Crippen molar-refractivity contribution in [3.8, 4) is 0 Å². The summed E-state index contributed by atoms with van der Waals surface area (Å²) in [6, 6.07) is 5.46. The average molecular weight is 226 g/mol. The molecule has 1 N–H and O–H groups in total. The molecule has 1 rings (SSSR count). The predicted octanol–water partition coefficient (Wildman–Crippen LogP) is 3.63. The van der Waals surface area contributed by atoms with Crippen LogP contribution in [0.4, 0.5) is 5.69 Å². The van der Waals surface area contributed by atoms with Crippen LogP contribution >= 0.6 is 11.6 Å². The Morgan fingerprint density at radius 1 is 1.33 bits per heavy atom. The number of benzene rings is 1. The molecular formula is C12H16ClNO. The first-order valence-corrected chi connectivity index (χ1v) is 5.26. The van der Waals surface area contributed by atoms with E-state index in [0.29, 0.717) is 5.02 Å². The standard InChI is InChI=1S/C12H16ClNO/c1-8-7-9(5-6-10(8)13)14-11(15)12(2,3)4/h5-7H,1-4H3,(H,14,15). The van der Waals surface area contributed by atoms with Gasteiger partial charge in [0.05, 0.1) is 0 Å². The lowest BCUT2D eigenvalue weighted by atomic mass is 9.95. The predicted molar refractivity (Wildman–Crippen MR) is 64.3 cm³/mol. The molecule has 0 saturated heterocycles. The molecule has 0 radical (unpaired) electrons. The van der Waals surface area contributed by atoms with Crippen LogP contribution in [0.3, 0.4) is 0 Å². The van der Waals surface area contributed by atoms with Crippen molar-refractivity contribution in [2.45, 2.75) is 27.7 Å². The third-order valence-corrected chi connectivity index (χ3v) is 2.52. The van der Waals surface area contributed by atoms with Gasteiger partial charge in [-0.15, -0.1) is 0 Å². The Hall–Kier alpha value is -1.02. The Labute approximate surface area is 95.6 Å². The molecule has 0 aromatic heterocycles. The van der Waals surface area contributed by atoms with Crippen LogP contribution in [-0.4, -0.2) is 5.91 Å². The molecule has 0 spiro atoms. The highest BCUT2D eigenvalue weighted by molar-refractivity contribution is 6.31. The van der Waals surface area contributed by atoms with Crippen LogP contribution < -0.4 is 5.32 Å². The van der Waals surface area contributed by atoms with E-state index in [-0.39, 0.29) is 11.3 Å². The Morgan fingerprint density at radius 2 is 1.93 bits per heavy atom. The maximum atomic E-state index is 11.7. The fraction of sp³-hybridized carbons (Fsp3) is 0.417. The van der Waals surface area contributed by atoms with Crippen LogP contribution in [0.5, 0.6) is 0 Å². The first kappa shape index (κ1) is 12.1. The normalized spacial score (nSPS) is 11.3. The molecule has 3 heteroatoms. The number of amides is 1. The van der Waals surface area contributed by atoms with E-state index in [1.807, 2.05) is 33.8 Å². The minimum Gasteiger partial charge on any atom is -0.326 e. The summed E-state index contributed by atoms with van der Waals surface area (Å²) >= 11 is 5.89. The molecule has 0 bridgehead atoms. The summed E-state index contributed by atoms with van der Waals surface area (Å²) in [7, 11) is 0. The molecule has 1 amide bonds. The van der Waals surface area contributed by atoms with Crippen molar-refractivity contribution >= 4 is 23.2 Å². The summed E-state index contributed by atoms with van der Waals surface area (Å²) in [5.41, 5.74) is 1.37. The molecule has 0 aliphatic rings. The first-order valence-electron chi connectivity index (χ1n) is 4.88. The minimum atomic E-state index is -0.381. The number of anilines is 1. The summed E-state index contributed by atoms with van der Waals surface area (Å²) in [5, 5.41) is 3.56. The van der Waals surface area contributed by atoms with Crippen LogP contribution in [0, 0.1) is 12.3 Å². The molecule has 0 unspecified atom stereocenters. The summed E-state index contributed by atoms with van der Waals surface area (Å²) in [4.78, 5) is 11.7. The van der Waals surface area contributed by atoms with Gasteiger partial charge in [-0.3, -0.25) is 4.79 Å². The van der Waals surface area contributed by atoms with Gasteiger partial charge in [-0.25, -0.2) is 0 Å². The third kappa shape index (κ3) is 3.24. The van der Waals surface area contributed by atoms with Crippen molar-refractivity contribution in [1.82, 2.24) is 0 Å². The second-order valence-electron chi connectivity index (χ2n) is 4.67. The Kier molecular flexibility index (Phi) is 3.40. The highest BCUT2D eigenvalue weighted by Crippen LogP contribution is 2.21. The van der Waals surface area contributed by atoms with Crippen LogP contribution in [0.2, 0.25) is 5.02 Å². The third-order valence-electron chi connectivity index (χ3n) is 2.10. The monoisotopic (exact) mass is 225 g/mol. The Bertz CT molecular complexity index is 380. The molecule has 1 aromatic carbocycles. The number of carbonyl (C=O) groups is 1. The summed E-state index contributed by atoms with van der Waals surface area (Å²) in [6.45, 7) is 7.55. The molecule has 2 nitrogen and oxygen atoms in total. The van der Waals surface area contributed by atoms with Crippen molar-refractivity contribution in [2.24, 2.45) is 5.41 Å². The molecule has 0 fully saturated rings. The Morgan fingerprint density at radius 3 is 2.40 bits per heavy atom. The fourth-order valence-electron chi connectivity index (χ4n) is 1.04. The van der Waals surface area contributed by atoms with Crippen molar-refractivity contribution in [3.05, 3.63) is 28.8 Å². The van der Waals surface area contributed by atoms with E-state index in [1.54, 1.807) is 12.1 Å².